The Morgan fingerprint density at radius 1 is 1.28 bits per heavy atom. The van der Waals surface area contributed by atoms with Crippen molar-refractivity contribution in [3.63, 3.8) is 0 Å². The zero-order valence-electron chi connectivity index (χ0n) is 14.5. The van der Waals surface area contributed by atoms with Gasteiger partial charge in [-0.05, 0) is 43.9 Å². The first-order chi connectivity index (χ1) is 12.1. The summed E-state index contributed by atoms with van der Waals surface area (Å²) >= 11 is 0. The van der Waals surface area contributed by atoms with Gasteiger partial charge in [0.15, 0.2) is 0 Å². The van der Waals surface area contributed by atoms with Crippen molar-refractivity contribution in [2.24, 2.45) is 5.41 Å². The van der Waals surface area contributed by atoms with Crippen LogP contribution in [-0.2, 0) is 9.59 Å². The summed E-state index contributed by atoms with van der Waals surface area (Å²) in [6, 6.07) is 7.46. The predicted octanol–water partition coefficient (Wildman–Crippen LogP) is 3.23. The SMILES string of the molecule is COc1ccc(NC(=O)C2(C#N)CCCC2)cc1N1CCCCC1=O. The first kappa shape index (κ1) is 17.3. The Kier molecular flexibility index (Phi) is 4.93. The molecule has 132 valence electrons. The van der Waals surface area contributed by atoms with E-state index in [1.54, 1.807) is 30.2 Å². The summed E-state index contributed by atoms with van der Waals surface area (Å²) in [7, 11) is 1.56. The van der Waals surface area contributed by atoms with Crippen LogP contribution >= 0.6 is 0 Å². The molecule has 6 nitrogen and oxygen atoms in total. The molecule has 2 fully saturated rings. The zero-order valence-corrected chi connectivity index (χ0v) is 14.5. The first-order valence-corrected chi connectivity index (χ1v) is 8.81. The van der Waals surface area contributed by atoms with Crippen LogP contribution in [0.3, 0.4) is 0 Å². The number of nitrogens with zero attached hydrogens (tertiary/aromatic N) is 2. The molecule has 0 bridgehead atoms. The summed E-state index contributed by atoms with van der Waals surface area (Å²) in [5.74, 6) is 0.412. The van der Waals surface area contributed by atoms with Crippen LogP contribution in [0.15, 0.2) is 18.2 Å². The average molecular weight is 341 g/mol. The molecule has 1 aliphatic carbocycles. The largest absolute Gasteiger partial charge is 0.495 e. The highest BCUT2D eigenvalue weighted by atomic mass is 16.5. The van der Waals surface area contributed by atoms with Crippen molar-refractivity contribution in [1.82, 2.24) is 0 Å². The molecule has 1 heterocycles. The Bertz CT molecular complexity index is 717. The van der Waals surface area contributed by atoms with E-state index in [2.05, 4.69) is 11.4 Å². The lowest BCUT2D eigenvalue weighted by Gasteiger charge is -2.28. The van der Waals surface area contributed by atoms with E-state index in [1.807, 2.05) is 0 Å². The van der Waals surface area contributed by atoms with Crippen molar-refractivity contribution in [3.8, 4) is 11.8 Å². The van der Waals surface area contributed by atoms with Crippen LogP contribution in [-0.4, -0.2) is 25.5 Å². The summed E-state index contributed by atoms with van der Waals surface area (Å²) in [4.78, 5) is 26.6. The highest BCUT2D eigenvalue weighted by Gasteiger charge is 2.41. The maximum absolute atomic E-state index is 12.6. The van der Waals surface area contributed by atoms with E-state index in [1.165, 1.54) is 0 Å². The van der Waals surface area contributed by atoms with Gasteiger partial charge < -0.3 is 15.0 Å². The molecule has 1 N–H and O–H groups in total. The van der Waals surface area contributed by atoms with E-state index in [0.717, 1.165) is 25.7 Å². The quantitative estimate of drug-likeness (QED) is 0.911. The van der Waals surface area contributed by atoms with Crippen molar-refractivity contribution >= 4 is 23.2 Å². The zero-order chi connectivity index (χ0) is 17.9. The fraction of sp³-hybridized carbons (Fsp3) is 0.526. The van der Waals surface area contributed by atoms with Crippen LogP contribution in [0.5, 0.6) is 5.75 Å². The number of rotatable bonds is 4. The van der Waals surface area contributed by atoms with E-state index in [-0.39, 0.29) is 11.8 Å². The summed E-state index contributed by atoms with van der Waals surface area (Å²) in [5.41, 5.74) is 0.323. The summed E-state index contributed by atoms with van der Waals surface area (Å²) in [6.07, 6.45) is 5.37. The van der Waals surface area contributed by atoms with Crippen LogP contribution in [0.4, 0.5) is 11.4 Å². The number of carbonyl (C=O) groups excluding carboxylic acids is 2. The summed E-state index contributed by atoms with van der Waals surface area (Å²) in [5, 5.41) is 12.3. The molecule has 3 rings (SSSR count). The molecular formula is C19H23N3O3. The van der Waals surface area contributed by atoms with Gasteiger partial charge in [-0.1, -0.05) is 12.8 Å². The van der Waals surface area contributed by atoms with Crippen LogP contribution in [0.1, 0.15) is 44.9 Å². The fourth-order valence-corrected chi connectivity index (χ4v) is 3.66. The Hall–Kier alpha value is -2.55. The number of carbonyl (C=O) groups is 2. The van der Waals surface area contributed by atoms with Crippen molar-refractivity contribution in [2.45, 2.75) is 44.9 Å². The van der Waals surface area contributed by atoms with Gasteiger partial charge in [0.1, 0.15) is 11.2 Å². The molecule has 6 heteroatoms. The maximum atomic E-state index is 12.6. The topological polar surface area (TPSA) is 82.4 Å². The third-order valence-corrected chi connectivity index (χ3v) is 5.16. The van der Waals surface area contributed by atoms with E-state index >= 15 is 0 Å². The van der Waals surface area contributed by atoms with E-state index in [4.69, 9.17) is 4.74 Å². The average Bonchev–Trinajstić information content (AvgIpc) is 3.12. The molecule has 1 saturated heterocycles. The molecule has 25 heavy (non-hydrogen) atoms. The molecule has 1 saturated carbocycles. The second kappa shape index (κ2) is 7.14. The Balaban J connectivity index is 1.85. The van der Waals surface area contributed by atoms with E-state index < -0.39 is 5.41 Å². The molecule has 0 atom stereocenters. The number of hydrogen-bond donors (Lipinski definition) is 1. The second-order valence-electron chi connectivity index (χ2n) is 6.74. The van der Waals surface area contributed by atoms with Gasteiger partial charge >= 0.3 is 0 Å². The number of nitrogens with one attached hydrogen (secondary N) is 1. The highest BCUT2D eigenvalue weighted by molar-refractivity contribution is 6.00. The molecule has 0 radical (unpaired) electrons. The molecule has 1 aliphatic heterocycles. The molecule has 2 amide bonds. The third-order valence-electron chi connectivity index (χ3n) is 5.16. The van der Waals surface area contributed by atoms with Crippen LogP contribution in [0, 0.1) is 16.7 Å². The van der Waals surface area contributed by atoms with Crippen LogP contribution in [0.2, 0.25) is 0 Å². The Labute approximate surface area is 147 Å². The Morgan fingerprint density at radius 3 is 2.68 bits per heavy atom. The minimum atomic E-state index is -0.930. The van der Waals surface area contributed by atoms with Gasteiger partial charge in [-0.15, -0.1) is 0 Å². The number of benzene rings is 1. The fourth-order valence-electron chi connectivity index (χ4n) is 3.66. The maximum Gasteiger partial charge on any atom is 0.244 e. The summed E-state index contributed by atoms with van der Waals surface area (Å²) < 4.78 is 5.39. The van der Waals surface area contributed by atoms with Gasteiger partial charge in [0.25, 0.3) is 0 Å². The highest BCUT2D eigenvalue weighted by Crippen LogP contribution is 2.39. The van der Waals surface area contributed by atoms with Crippen LogP contribution < -0.4 is 15.0 Å². The molecular weight excluding hydrogens is 318 g/mol. The third kappa shape index (κ3) is 3.32. The number of hydrogen-bond acceptors (Lipinski definition) is 4. The van der Waals surface area contributed by atoms with Crippen molar-refractivity contribution in [2.75, 3.05) is 23.9 Å². The summed E-state index contributed by atoms with van der Waals surface area (Å²) in [6.45, 7) is 0.648. The van der Waals surface area contributed by atoms with Gasteiger partial charge in [0, 0.05) is 18.7 Å². The van der Waals surface area contributed by atoms with Crippen molar-refractivity contribution in [3.05, 3.63) is 18.2 Å². The lowest BCUT2D eigenvalue weighted by Crippen LogP contribution is -2.35. The Morgan fingerprint density at radius 2 is 2.04 bits per heavy atom. The van der Waals surface area contributed by atoms with Crippen molar-refractivity contribution < 1.29 is 14.3 Å². The molecule has 1 aromatic carbocycles. The minimum absolute atomic E-state index is 0.0670. The number of anilines is 2. The normalized spacial score (nSPS) is 19.4. The van der Waals surface area contributed by atoms with Gasteiger partial charge in [0.2, 0.25) is 11.8 Å². The number of methoxy groups -OCH3 is 1. The molecule has 0 spiro atoms. The lowest BCUT2D eigenvalue weighted by molar-refractivity contribution is -0.122. The molecule has 0 aromatic heterocycles. The molecule has 0 unspecified atom stereocenters. The van der Waals surface area contributed by atoms with Gasteiger partial charge in [0.05, 0.1) is 18.9 Å². The monoisotopic (exact) mass is 341 g/mol. The van der Waals surface area contributed by atoms with Gasteiger partial charge in [-0.25, -0.2) is 0 Å². The van der Waals surface area contributed by atoms with E-state index in [9.17, 15) is 14.9 Å². The first-order valence-electron chi connectivity index (χ1n) is 8.81. The minimum Gasteiger partial charge on any atom is -0.495 e. The number of amides is 2. The van der Waals surface area contributed by atoms with Gasteiger partial charge in [-0.2, -0.15) is 5.26 Å². The smallest absolute Gasteiger partial charge is 0.244 e. The molecule has 2 aliphatic rings. The number of nitriles is 1. The van der Waals surface area contributed by atoms with Crippen molar-refractivity contribution in [1.29, 1.82) is 5.26 Å². The lowest BCUT2D eigenvalue weighted by atomic mass is 9.87. The second-order valence-corrected chi connectivity index (χ2v) is 6.74. The number of ether oxygens (including phenoxy) is 1. The predicted molar refractivity (Wildman–Crippen MR) is 94.3 cm³/mol. The molecule has 1 aromatic rings. The van der Waals surface area contributed by atoms with E-state index in [0.29, 0.717) is 42.9 Å². The standard InChI is InChI=1S/C19H23N3O3/c1-25-16-8-7-14(12-15(16)22-11-5-2-6-17(22)23)21-18(24)19(13-20)9-3-4-10-19/h7-8,12H,2-6,9-11H2,1H3,(H,21,24). The van der Waals surface area contributed by atoms with Crippen LogP contribution in [0.25, 0.3) is 0 Å². The van der Waals surface area contributed by atoms with Gasteiger partial charge in [-0.3, -0.25) is 9.59 Å². The number of piperidine rings is 1.